The van der Waals surface area contributed by atoms with Crippen LogP contribution >= 0.6 is 0 Å². The number of anilines is 1. The molecule has 1 fully saturated rings. The van der Waals surface area contributed by atoms with Crippen molar-refractivity contribution in [2.24, 2.45) is 10.8 Å². The highest BCUT2D eigenvalue weighted by Crippen LogP contribution is 2.41. The zero-order valence-electron chi connectivity index (χ0n) is 30.5. The average molecular weight is 724 g/mol. The Morgan fingerprint density at radius 3 is 2.35 bits per heavy atom. The number of hydrogen-bond acceptors (Lipinski definition) is 8. The fourth-order valence-electron chi connectivity index (χ4n) is 6.79. The molecule has 2 heterocycles. The lowest BCUT2D eigenvalue weighted by atomic mass is 9.84. The number of benzene rings is 2. The Morgan fingerprint density at radius 2 is 1.73 bits per heavy atom. The van der Waals surface area contributed by atoms with Gasteiger partial charge in [0.25, 0.3) is 5.56 Å². The van der Waals surface area contributed by atoms with Gasteiger partial charge in [-0.3, -0.25) is 14.2 Å². The molecular formula is C38H45F4N7O3. The van der Waals surface area contributed by atoms with E-state index >= 15 is 0 Å². The van der Waals surface area contributed by atoms with Crippen molar-refractivity contribution in [3.63, 3.8) is 0 Å². The molecule has 278 valence electrons. The van der Waals surface area contributed by atoms with Crippen LogP contribution in [0.3, 0.4) is 0 Å². The topological polar surface area (TPSA) is 137 Å². The van der Waals surface area contributed by atoms with Crippen LogP contribution in [0.2, 0.25) is 0 Å². The van der Waals surface area contributed by atoms with Gasteiger partial charge in [-0.2, -0.15) is 5.10 Å². The Labute approximate surface area is 299 Å². The molecule has 10 nitrogen and oxygen atoms in total. The van der Waals surface area contributed by atoms with Gasteiger partial charge in [0.05, 0.1) is 16.8 Å². The van der Waals surface area contributed by atoms with Crippen LogP contribution < -0.4 is 22.0 Å². The molecule has 1 atom stereocenters. The van der Waals surface area contributed by atoms with Gasteiger partial charge >= 0.3 is 5.97 Å². The van der Waals surface area contributed by atoms with Crippen LogP contribution in [0.25, 0.3) is 16.7 Å². The fourth-order valence-corrected chi connectivity index (χ4v) is 6.79. The molecule has 0 amide bonds. The second-order valence-corrected chi connectivity index (χ2v) is 14.5. The van der Waals surface area contributed by atoms with Crippen molar-refractivity contribution < 1.29 is 27.1 Å². The molecule has 2 aromatic carbocycles. The quantitative estimate of drug-likeness (QED) is 0.0528. The maximum Gasteiger partial charge on any atom is 0.325 e. The number of ether oxygens (including phenoxy) is 1. The maximum atomic E-state index is 14.8. The van der Waals surface area contributed by atoms with E-state index in [1.807, 2.05) is 0 Å². The molecule has 1 saturated carbocycles. The van der Waals surface area contributed by atoms with Crippen molar-refractivity contribution in [2.45, 2.75) is 97.0 Å². The van der Waals surface area contributed by atoms with Crippen LogP contribution in [0.5, 0.6) is 0 Å². The minimum atomic E-state index is -2.73. The van der Waals surface area contributed by atoms with Crippen molar-refractivity contribution in [1.82, 2.24) is 20.0 Å². The molecule has 4 aromatic rings. The molecule has 2 aromatic heterocycles. The van der Waals surface area contributed by atoms with Crippen LogP contribution in [0.4, 0.5) is 23.2 Å². The third-order valence-corrected chi connectivity index (χ3v) is 9.07. The third-order valence-electron chi connectivity index (χ3n) is 9.07. The number of hydrogen-bond donors (Lipinski definition) is 3. The Balaban J connectivity index is 1.76. The van der Waals surface area contributed by atoms with Crippen LogP contribution in [0.15, 0.2) is 46.3 Å². The number of esters is 1. The fraction of sp³-hybridized carbons (Fsp3) is 0.447. The van der Waals surface area contributed by atoms with E-state index in [1.54, 1.807) is 66.8 Å². The van der Waals surface area contributed by atoms with E-state index in [2.05, 4.69) is 15.8 Å². The summed E-state index contributed by atoms with van der Waals surface area (Å²) in [6.07, 6.45) is 0.0564. The first-order chi connectivity index (χ1) is 24.4. The largest absolute Gasteiger partial charge is 0.459 e. The normalized spacial score (nSPS) is 15.8. The summed E-state index contributed by atoms with van der Waals surface area (Å²) in [5, 5.41) is 7.51. The number of amidine groups is 1. The molecule has 0 unspecified atom stereocenters. The minimum absolute atomic E-state index is 0.0701. The summed E-state index contributed by atoms with van der Waals surface area (Å²) in [4.78, 5) is 37.5. The number of fused-ring (bicyclic) bond motifs is 1. The van der Waals surface area contributed by atoms with Gasteiger partial charge in [0.1, 0.15) is 29.6 Å². The number of nitrogens with zero attached hydrogens (tertiary/aromatic N) is 4. The average Bonchev–Trinajstić information content (AvgIpc) is 3.02. The molecule has 0 spiro atoms. The number of carbonyl (C=O) groups excluding carboxylic acids is 1. The summed E-state index contributed by atoms with van der Waals surface area (Å²) in [5.41, 5.74) is 11.1. The standard InChI is InChI=1S/C38H45F4N7O3/c1-20-8-9-28(32(30(20)33(43)48-44-7)45-19-29(50)52-37(4,5)6)49-35(22(3)14-23-16-25(39)18-26(40)17-23)47-34-31(36(49)51)21(2)15-27(46-34)24-10-12-38(41,42)13-11-24/h8-9,15-18,22,24,44-45H,10-14,19H2,1-7H3,(H2,43,48)/t22-/m0/s1. The number of rotatable bonds is 10. The molecule has 52 heavy (non-hydrogen) atoms. The van der Waals surface area contributed by atoms with E-state index in [0.29, 0.717) is 33.6 Å². The lowest BCUT2D eigenvalue weighted by Crippen LogP contribution is -2.31. The summed E-state index contributed by atoms with van der Waals surface area (Å²) in [5.74, 6) is -5.36. The SMILES string of the molecule is CN/N=C(\N)c1c(C)ccc(-n2c([C@@H](C)Cc3cc(F)cc(F)c3)nc3nc(C4CCC(F)(F)CC4)cc(C)c3c2=O)c1NCC(=O)OC(C)(C)C. The summed E-state index contributed by atoms with van der Waals surface area (Å²) in [6, 6.07) is 8.41. The first-order valence-corrected chi connectivity index (χ1v) is 17.2. The Kier molecular flexibility index (Phi) is 11.0. The highest BCUT2D eigenvalue weighted by atomic mass is 19.3. The second-order valence-electron chi connectivity index (χ2n) is 14.5. The van der Waals surface area contributed by atoms with E-state index in [-0.39, 0.29) is 72.9 Å². The van der Waals surface area contributed by atoms with E-state index in [1.165, 1.54) is 16.7 Å². The minimum Gasteiger partial charge on any atom is -0.459 e. The molecule has 0 bridgehead atoms. The van der Waals surface area contributed by atoms with Crippen LogP contribution in [-0.4, -0.2) is 51.5 Å². The first-order valence-electron chi connectivity index (χ1n) is 17.2. The second kappa shape index (κ2) is 14.9. The molecular weight excluding hydrogens is 678 g/mol. The monoisotopic (exact) mass is 723 g/mol. The summed E-state index contributed by atoms with van der Waals surface area (Å²) in [7, 11) is 1.58. The molecule has 0 radical (unpaired) electrons. The van der Waals surface area contributed by atoms with Crippen molar-refractivity contribution in [3.05, 3.63) is 92.2 Å². The zero-order valence-corrected chi connectivity index (χ0v) is 30.5. The molecule has 4 N–H and O–H groups in total. The van der Waals surface area contributed by atoms with Gasteiger partial charge in [-0.15, -0.1) is 0 Å². The number of carbonyl (C=O) groups is 1. The molecule has 0 aliphatic heterocycles. The van der Waals surface area contributed by atoms with Crippen LogP contribution in [-0.2, 0) is 16.0 Å². The van der Waals surface area contributed by atoms with E-state index in [4.69, 9.17) is 20.4 Å². The lowest BCUT2D eigenvalue weighted by Gasteiger charge is -2.28. The number of halogens is 4. The molecule has 1 aliphatic rings. The number of hydrazone groups is 1. The number of alkyl halides is 2. The zero-order chi connectivity index (χ0) is 38.1. The molecule has 1 aliphatic carbocycles. The van der Waals surface area contributed by atoms with Crippen LogP contribution in [0, 0.1) is 25.5 Å². The number of aryl methyl sites for hydroxylation is 2. The van der Waals surface area contributed by atoms with Crippen molar-refractivity contribution in [2.75, 3.05) is 18.9 Å². The van der Waals surface area contributed by atoms with Gasteiger partial charge < -0.3 is 21.2 Å². The van der Waals surface area contributed by atoms with E-state index in [9.17, 15) is 27.2 Å². The molecule has 14 heteroatoms. The molecule has 0 saturated heterocycles. The van der Waals surface area contributed by atoms with Gasteiger partial charge in [0.15, 0.2) is 11.5 Å². The van der Waals surface area contributed by atoms with Crippen LogP contribution in [0.1, 0.15) is 99.0 Å². The number of nitrogens with one attached hydrogen (secondary N) is 2. The van der Waals surface area contributed by atoms with E-state index < -0.39 is 40.6 Å². The van der Waals surface area contributed by atoms with E-state index in [0.717, 1.165) is 6.07 Å². The molecule has 5 rings (SSSR count). The summed E-state index contributed by atoms with van der Waals surface area (Å²) >= 11 is 0. The highest BCUT2D eigenvalue weighted by Gasteiger charge is 2.36. The predicted molar refractivity (Wildman–Crippen MR) is 193 cm³/mol. The lowest BCUT2D eigenvalue weighted by molar-refractivity contribution is -0.152. The predicted octanol–water partition coefficient (Wildman–Crippen LogP) is 6.91. The van der Waals surface area contributed by atoms with Gasteiger partial charge in [0, 0.05) is 49.0 Å². The van der Waals surface area contributed by atoms with Gasteiger partial charge in [-0.05, 0) is 94.8 Å². The summed E-state index contributed by atoms with van der Waals surface area (Å²) < 4.78 is 63.6. The highest BCUT2D eigenvalue weighted by molar-refractivity contribution is 6.05. The number of nitrogens with two attached hydrogens (primary N) is 1. The number of pyridine rings is 1. The third kappa shape index (κ3) is 8.54. The van der Waals surface area contributed by atoms with Gasteiger partial charge in [-0.1, -0.05) is 13.0 Å². The Morgan fingerprint density at radius 1 is 1.08 bits per heavy atom. The summed E-state index contributed by atoms with van der Waals surface area (Å²) in [6.45, 7) is 10.3. The van der Waals surface area contributed by atoms with Gasteiger partial charge in [0.2, 0.25) is 5.92 Å². The number of aromatic nitrogens is 3. The Bertz CT molecular complexity index is 2060. The first kappa shape index (κ1) is 38.2. The Hall–Kier alpha value is -5.01. The van der Waals surface area contributed by atoms with Gasteiger partial charge in [-0.25, -0.2) is 27.5 Å². The van der Waals surface area contributed by atoms with Crippen molar-refractivity contribution >= 4 is 28.5 Å². The van der Waals surface area contributed by atoms with Crippen molar-refractivity contribution in [1.29, 1.82) is 0 Å². The maximum absolute atomic E-state index is 14.8. The smallest absolute Gasteiger partial charge is 0.325 e. The van der Waals surface area contributed by atoms with Crippen molar-refractivity contribution in [3.8, 4) is 5.69 Å².